The van der Waals surface area contributed by atoms with E-state index in [1.54, 1.807) is 36.4 Å². The highest BCUT2D eigenvalue weighted by Crippen LogP contribution is 2.28. The topological polar surface area (TPSA) is 108 Å². The molecule has 7 nitrogen and oxygen atoms in total. The second kappa shape index (κ2) is 10.0. The Balaban J connectivity index is 1.98. The fourth-order valence-electron chi connectivity index (χ4n) is 2.53. The number of nitrogens with two attached hydrogens (primary N) is 1. The van der Waals surface area contributed by atoms with E-state index in [1.807, 2.05) is 12.1 Å². The molecule has 0 spiro atoms. The first-order valence-corrected chi connectivity index (χ1v) is 8.58. The molecular weight excluding hydrogens is 362 g/mol. The number of allylic oxidation sites excluding steroid dienone is 1. The van der Waals surface area contributed by atoms with Crippen LogP contribution in [0.1, 0.15) is 11.1 Å². The largest absolute Gasteiger partial charge is 0.493 e. The molecule has 0 aliphatic heterocycles. The van der Waals surface area contributed by atoms with Gasteiger partial charge in [-0.2, -0.15) is 0 Å². The Hall–Kier alpha value is -3.48. The van der Waals surface area contributed by atoms with Crippen molar-refractivity contribution >= 4 is 17.6 Å². The number of ether oxygens (including phenoxy) is 3. The Bertz CT molecular complexity index is 844. The van der Waals surface area contributed by atoms with Gasteiger partial charge in [-0.15, -0.1) is 0 Å². The van der Waals surface area contributed by atoms with Gasteiger partial charge in [0.05, 0.1) is 14.2 Å². The van der Waals surface area contributed by atoms with Crippen molar-refractivity contribution in [3.63, 3.8) is 0 Å². The molecule has 0 aliphatic rings. The molecule has 1 atom stereocenters. The summed E-state index contributed by atoms with van der Waals surface area (Å²) in [6.07, 6.45) is 2.03. The van der Waals surface area contributed by atoms with Gasteiger partial charge in [0.1, 0.15) is 0 Å². The Labute approximate surface area is 163 Å². The van der Waals surface area contributed by atoms with Crippen molar-refractivity contribution in [1.29, 1.82) is 0 Å². The molecule has 2 aromatic rings. The summed E-state index contributed by atoms with van der Waals surface area (Å²) in [4.78, 5) is 23.5. The number of rotatable bonds is 9. The lowest BCUT2D eigenvalue weighted by atomic mass is 10.1. The molecule has 148 valence electrons. The molecule has 0 saturated heterocycles. The summed E-state index contributed by atoms with van der Waals surface area (Å²) in [5.74, 6) is -0.946. The Morgan fingerprint density at radius 2 is 1.68 bits per heavy atom. The van der Waals surface area contributed by atoms with Crippen molar-refractivity contribution < 1.29 is 28.9 Å². The number of aliphatic carboxylic acids is 1. The zero-order chi connectivity index (χ0) is 20.5. The summed E-state index contributed by atoms with van der Waals surface area (Å²) in [6.45, 7) is 0. The summed E-state index contributed by atoms with van der Waals surface area (Å²) in [7, 11) is 3.00. The van der Waals surface area contributed by atoms with E-state index in [9.17, 15) is 14.7 Å². The first kappa shape index (κ1) is 20.8. The number of nitrogen functional groups attached to an aromatic ring is 1. The maximum atomic E-state index is 12.0. The van der Waals surface area contributed by atoms with Crippen molar-refractivity contribution in [2.45, 2.75) is 18.9 Å². The van der Waals surface area contributed by atoms with Crippen LogP contribution < -0.4 is 15.2 Å². The molecule has 28 heavy (non-hydrogen) atoms. The zero-order valence-corrected chi connectivity index (χ0v) is 15.8. The lowest BCUT2D eigenvalue weighted by Crippen LogP contribution is -2.28. The van der Waals surface area contributed by atoms with Gasteiger partial charge in [0.2, 0.25) is 6.10 Å². The molecule has 2 aromatic carbocycles. The number of hydrogen-bond donors (Lipinski definition) is 2. The van der Waals surface area contributed by atoms with Crippen LogP contribution in [0, 0.1) is 0 Å². The van der Waals surface area contributed by atoms with Gasteiger partial charge >= 0.3 is 11.9 Å². The first-order chi connectivity index (χ1) is 13.4. The van der Waals surface area contributed by atoms with E-state index < -0.39 is 18.0 Å². The van der Waals surface area contributed by atoms with E-state index in [0.29, 0.717) is 29.2 Å². The van der Waals surface area contributed by atoms with Crippen LogP contribution in [-0.2, 0) is 27.2 Å². The lowest BCUT2D eigenvalue weighted by Gasteiger charge is -2.14. The van der Waals surface area contributed by atoms with Crippen molar-refractivity contribution in [3.8, 4) is 11.5 Å². The molecule has 0 amide bonds. The van der Waals surface area contributed by atoms with Crippen molar-refractivity contribution in [3.05, 3.63) is 65.7 Å². The Morgan fingerprint density at radius 1 is 1.04 bits per heavy atom. The highest BCUT2D eigenvalue weighted by molar-refractivity contribution is 5.85. The van der Waals surface area contributed by atoms with Crippen LogP contribution >= 0.6 is 0 Å². The number of esters is 1. The van der Waals surface area contributed by atoms with Crippen LogP contribution in [0.3, 0.4) is 0 Å². The average molecular weight is 385 g/mol. The van der Waals surface area contributed by atoms with Crippen LogP contribution in [0.4, 0.5) is 5.69 Å². The summed E-state index contributed by atoms with van der Waals surface area (Å²) in [5, 5.41) is 9.37. The molecule has 0 aliphatic carbocycles. The SMILES string of the molecule is COc1ccc(CC(OC(=O)/C=C/Cc2ccc(N)cc2)C(=O)O)cc1OC. The van der Waals surface area contributed by atoms with Crippen LogP contribution in [0.2, 0.25) is 0 Å². The van der Waals surface area contributed by atoms with E-state index in [0.717, 1.165) is 5.56 Å². The average Bonchev–Trinajstić information content (AvgIpc) is 2.68. The molecule has 0 radical (unpaired) electrons. The molecule has 0 bridgehead atoms. The molecule has 0 fully saturated rings. The van der Waals surface area contributed by atoms with E-state index in [1.165, 1.54) is 20.3 Å². The smallest absolute Gasteiger partial charge is 0.345 e. The third-order valence-corrected chi connectivity index (χ3v) is 3.99. The monoisotopic (exact) mass is 385 g/mol. The van der Waals surface area contributed by atoms with E-state index in [-0.39, 0.29) is 6.42 Å². The van der Waals surface area contributed by atoms with Gasteiger partial charge in [-0.1, -0.05) is 24.3 Å². The standard InChI is InChI=1S/C21H23NO6/c1-26-17-11-8-15(12-18(17)27-2)13-19(21(24)25)28-20(23)5-3-4-14-6-9-16(22)10-7-14/h3,5-12,19H,4,13,22H2,1-2H3,(H,24,25)/b5-3+. The predicted molar refractivity (Wildman–Crippen MR) is 104 cm³/mol. The minimum Gasteiger partial charge on any atom is -0.493 e. The van der Waals surface area contributed by atoms with Crippen LogP contribution in [-0.4, -0.2) is 37.4 Å². The van der Waals surface area contributed by atoms with Gasteiger partial charge < -0.3 is 25.1 Å². The van der Waals surface area contributed by atoms with Crippen molar-refractivity contribution in [2.75, 3.05) is 20.0 Å². The molecule has 7 heteroatoms. The molecule has 2 rings (SSSR count). The Morgan fingerprint density at radius 3 is 2.29 bits per heavy atom. The maximum absolute atomic E-state index is 12.0. The minimum atomic E-state index is -1.31. The lowest BCUT2D eigenvalue weighted by molar-refractivity contribution is -0.160. The number of hydrogen-bond acceptors (Lipinski definition) is 6. The number of carboxylic acids is 1. The number of anilines is 1. The van der Waals surface area contributed by atoms with Crippen molar-refractivity contribution in [2.24, 2.45) is 0 Å². The summed E-state index contributed by atoms with van der Waals surface area (Å²) >= 11 is 0. The Kier molecular flexibility index (Phi) is 7.45. The van der Waals surface area contributed by atoms with Crippen LogP contribution in [0.5, 0.6) is 11.5 Å². The van der Waals surface area contributed by atoms with E-state index in [4.69, 9.17) is 19.9 Å². The summed E-state index contributed by atoms with van der Waals surface area (Å²) in [5.41, 5.74) is 7.89. The zero-order valence-electron chi connectivity index (χ0n) is 15.8. The van der Waals surface area contributed by atoms with Gasteiger partial charge in [-0.25, -0.2) is 9.59 Å². The second-order valence-electron chi connectivity index (χ2n) is 6.01. The fraction of sp³-hybridized carbons (Fsp3) is 0.238. The third-order valence-electron chi connectivity index (χ3n) is 3.99. The number of carboxylic acid groups (broad SMARTS) is 1. The molecule has 0 aromatic heterocycles. The number of carbonyl (C=O) groups excluding carboxylic acids is 1. The third kappa shape index (κ3) is 6.05. The van der Waals surface area contributed by atoms with Gasteiger partial charge in [0, 0.05) is 18.2 Å². The fourth-order valence-corrected chi connectivity index (χ4v) is 2.53. The molecule has 3 N–H and O–H groups in total. The second-order valence-corrected chi connectivity index (χ2v) is 6.01. The van der Waals surface area contributed by atoms with Gasteiger partial charge in [0.25, 0.3) is 0 Å². The minimum absolute atomic E-state index is 0.00717. The normalized spacial score (nSPS) is 11.8. The first-order valence-electron chi connectivity index (χ1n) is 8.58. The van der Waals surface area contributed by atoms with Gasteiger partial charge in [-0.05, 0) is 41.8 Å². The van der Waals surface area contributed by atoms with Gasteiger partial charge in [-0.3, -0.25) is 0 Å². The quantitative estimate of drug-likeness (QED) is 0.388. The van der Waals surface area contributed by atoms with Gasteiger partial charge in [0.15, 0.2) is 11.5 Å². The van der Waals surface area contributed by atoms with Crippen molar-refractivity contribution in [1.82, 2.24) is 0 Å². The number of carbonyl (C=O) groups is 2. The van der Waals surface area contributed by atoms with E-state index in [2.05, 4.69) is 0 Å². The number of methoxy groups -OCH3 is 2. The summed E-state index contributed by atoms with van der Waals surface area (Å²) in [6, 6.07) is 12.3. The highest BCUT2D eigenvalue weighted by atomic mass is 16.6. The maximum Gasteiger partial charge on any atom is 0.345 e. The molecular formula is C21H23NO6. The predicted octanol–water partition coefficient (Wildman–Crippen LogP) is 2.62. The molecule has 0 heterocycles. The molecule has 0 saturated carbocycles. The molecule has 1 unspecified atom stereocenters. The van der Waals surface area contributed by atoms with E-state index >= 15 is 0 Å². The summed E-state index contributed by atoms with van der Waals surface area (Å²) < 4.78 is 15.4. The highest BCUT2D eigenvalue weighted by Gasteiger charge is 2.22. The van der Waals surface area contributed by atoms with Crippen LogP contribution in [0.15, 0.2) is 54.6 Å². The number of benzene rings is 2. The van der Waals surface area contributed by atoms with Crippen LogP contribution in [0.25, 0.3) is 0 Å².